The molecule has 1 atom stereocenters. The molecule has 1 aromatic rings. The second-order valence-corrected chi connectivity index (χ2v) is 6.61. The highest BCUT2D eigenvalue weighted by Gasteiger charge is 2.29. The fraction of sp³-hybridized carbons (Fsp3) is 0.583. The van der Waals surface area contributed by atoms with Gasteiger partial charge in [0, 0.05) is 31.7 Å². The van der Waals surface area contributed by atoms with Gasteiger partial charge in [0.15, 0.2) is 0 Å². The number of nitrogens with zero attached hydrogens (tertiary/aromatic N) is 1. The third-order valence-electron chi connectivity index (χ3n) is 3.42. The molecule has 1 amide bonds. The Morgan fingerprint density at radius 1 is 1.55 bits per heavy atom. The molecular formula is C12H19N3O4S. The summed E-state index contributed by atoms with van der Waals surface area (Å²) in [5.41, 5.74) is 0.299. The van der Waals surface area contributed by atoms with Gasteiger partial charge in [-0.1, -0.05) is 0 Å². The highest BCUT2D eigenvalue weighted by atomic mass is 32.2. The molecule has 1 aromatic heterocycles. The highest BCUT2D eigenvalue weighted by Crippen LogP contribution is 2.21. The molecule has 0 saturated carbocycles. The monoisotopic (exact) mass is 301 g/mol. The number of piperazine rings is 1. The van der Waals surface area contributed by atoms with Crippen molar-refractivity contribution in [2.75, 3.05) is 26.7 Å². The molecule has 1 unspecified atom stereocenters. The quantitative estimate of drug-likeness (QED) is 0.815. The van der Waals surface area contributed by atoms with E-state index in [1.165, 1.54) is 13.1 Å². The van der Waals surface area contributed by atoms with Crippen LogP contribution in [0.3, 0.4) is 0 Å². The smallest absolute Gasteiger partial charge is 0.273 e. The molecule has 20 heavy (non-hydrogen) atoms. The fourth-order valence-corrected chi connectivity index (χ4v) is 2.91. The molecule has 2 rings (SSSR count). The normalized spacial score (nSPS) is 20.1. The maximum absolute atomic E-state index is 12.5. The summed E-state index contributed by atoms with van der Waals surface area (Å²) in [6.45, 7) is 5.59. The van der Waals surface area contributed by atoms with Crippen LogP contribution in [0.15, 0.2) is 15.6 Å². The molecule has 2 heterocycles. The highest BCUT2D eigenvalue weighted by molar-refractivity contribution is 7.89. The maximum Gasteiger partial charge on any atom is 0.273 e. The van der Waals surface area contributed by atoms with E-state index in [1.54, 1.807) is 11.8 Å². The Hall–Kier alpha value is -1.38. The molecule has 0 spiro atoms. The van der Waals surface area contributed by atoms with Crippen molar-refractivity contribution >= 4 is 15.9 Å². The van der Waals surface area contributed by atoms with E-state index >= 15 is 0 Å². The van der Waals surface area contributed by atoms with Crippen molar-refractivity contribution in [2.24, 2.45) is 0 Å². The molecule has 2 N–H and O–H groups in total. The summed E-state index contributed by atoms with van der Waals surface area (Å²) in [5, 5.41) is 2.97. The first-order valence-electron chi connectivity index (χ1n) is 6.42. The second kappa shape index (κ2) is 5.55. The first-order valence-corrected chi connectivity index (χ1v) is 7.91. The summed E-state index contributed by atoms with van der Waals surface area (Å²) in [4.78, 5) is 14.2. The third-order valence-corrected chi connectivity index (χ3v) is 4.69. The number of nitrogens with one attached hydrogen (secondary N) is 2. The van der Waals surface area contributed by atoms with E-state index in [-0.39, 0.29) is 17.0 Å². The number of furan rings is 1. The van der Waals surface area contributed by atoms with E-state index < -0.39 is 10.0 Å². The summed E-state index contributed by atoms with van der Waals surface area (Å²) >= 11 is 0. The van der Waals surface area contributed by atoms with Crippen LogP contribution in [-0.4, -0.2) is 51.9 Å². The van der Waals surface area contributed by atoms with Gasteiger partial charge in [-0.2, -0.15) is 0 Å². The second-order valence-electron chi connectivity index (χ2n) is 4.79. The Labute approximate surface area is 118 Å². The summed E-state index contributed by atoms with van der Waals surface area (Å²) in [6, 6.07) is 1.35. The lowest BCUT2D eigenvalue weighted by Gasteiger charge is -2.33. The first kappa shape index (κ1) is 15.0. The summed E-state index contributed by atoms with van der Waals surface area (Å²) < 4.78 is 30.8. The SMILES string of the molecule is CNS(=O)(=O)c1cc(C(=O)N2CCNCC2C)c(C)o1. The minimum absolute atomic E-state index is 0.0647. The summed E-state index contributed by atoms with van der Waals surface area (Å²) in [6.07, 6.45) is 0. The first-order chi connectivity index (χ1) is 9.36. The molecule has 0 aliphatic carbocycles. The van der Waals surface area contributed by atoms with Gasteiger partial charge in [-0.25, -0.2) is 13.1 Å². The number of amides is 1. The van der Waals surface area contributed by atoms with Crippen LogP contribution in [0.4, 0.5) is 0 Å². The van der Waals surface area contributed by atoms with Crippen LogP contribution in [0.2, 0.25) is 0 Å². The standard InChI is InChI=1S/C12H19N3O4S/c1-8-7-14-4-5-15(8)12(16)10-6-11(19-9(10)2)20(17,18)13-3/h6,8,13-14H,4-5,7H2,1-3H3. The van der Waals surface area contributed by atoms with Gasteiger partial charge in [0.2, 0.25) is 5.09 Å². The van der Waals surface area contributed by atoms with Crippen LogP contribution in [0, 0.1) is 6.92 Å². The number of sulfonamides is 1. The van der Waals surface area contributed by atoms with Crippen molar-refractivity contribution in [2.45, 2.75) is 25.0 Å². The predicted octanol–water partition coefficient (Wildman–Crippen LogP) is -0.0700. The number of carbonyl (C=O) groups is 1. The molecular weight excluding hydrogens is 282 g/mol. The molecule has 0 aromatic carbocycles. The van der Waals surface area contributed by atoms with Crippen LogP contribution in [0.5, 0.6) is 0 Å². The summed E-state index contributed by atoms with van der Waals surface area (Å²) in [5.74, 6) is 0.118. The van der Waals surface area contributed by atoms with Crippen molar-refractivity contribution in [3.8, 4) is 0 Å². The minimum Gasteiger partial charge on any atom is -0.448 e. The van der Waals surface area contributed by atoms with Crippen LogP contribution in [-0.2, 0) is 10.0 Å². The fourth-order valence-electron chi connectivity index (χ4n) is 2.20. The van der Waals surface area contributed by atoms with Crippen LogP contribution in [0.1, 0.15) is 23.0 Å². The van der Waals surface area contributed by atoms with E-state index in [0.717, 1.165) is 13.1 Å². The van der Waals surface area contributed by atoms with Crippen LogP contribution < -0.4 is 10.0 Å². The Bertz CT molecular complexity index is 608. The number of carbonyl (C=O) groups excluding carboxylic acids is 1. The third kappa shape index (κ3) is 2.72. The van der Waals surface area contributed by atoms with Crippen molar-refractivity contribution in [1.82, 2.24) is 14.9 Å². The molecule has 112 valence electrons. The molecule has 1 saturated heterocycles. The zero-order valence-electron chi connectivity index (χ0n) is 11.8. The molecule has 8 heteroatoms. The Morgan fingerprint density at radius 3 is 2.85 bits per heavy atom. The zero-order chi connectivity index (χ0) is 14.9. The average molecular weight is 301 g/mol. The number of rotatable bonds is 3. The van der Waals surface area contributed by atoms with Crippen LogP contribution in [0.25, 0.3) is 0 Å². The molecule has 1 fully saturated rings. The number of hydrogen-bond donors (Lipinski definition) is 2. The molecule has 0 radical (unpaired) electrons. The van der Waals surface area contributed by atoms with Gasteiger partial charge >= 0.3 is 0 Å². The Kier molecular flexibility index (Phi) is 4.17. The van der Waals surface area contributed by atoms with Gasteiger partial charge in [-0.05, 0) is 20.9 Å². The topological polar surface area (TPSA) is 91.7 Å². The molecule has 1 aliphatic rings. The lowest BCUT2D eigenvalue weighted by molar-refractivity contribution is 0.0654. The average Bonchev–Trinajstić information content (AvgIpc) is 2.81. The van der Waals surface area contributed by atoms with Crippen molar-refractivity contribution in [1.29, 1.82) is 0 Å². The summed E-state index contributed by atoms with van der Waals surface area (Å²) in [7, 11) is -2.38. The van der Waals surface area contributed by atoms with Gasteiger partial charge < -0.3 is 14.6 Å². The van der Waals surface area contributed by atoms with Crippen molar-refractivity contribution in [3.63, 3.8) is 0 Å². The van der Waals surface area contributed by atoms with Gasteiger partial charge in [0.1, 0.15) is 5.76 Å². The van der Waals surface area contributed by atoms with Gasteiger partial charge in [-0.3, -0.25) is 4.79 Å². The number of aryl methyl sites for hydroxylation is 1. The zero-order valence-corrected chi connectivity index (χ0v) is 12.6. The number of hydrogen-bond acceptors (Lipinski definition) is 5. The van der Waals surface area contributed by atoms with E-state index in [4.69, 9.17) is 4.42 Å². The van der Waals surface area contributed by atoms with E-state index in [2.05, 4.69) is 10.0 Å². The molecule has 0 bridgehead atoms. The van der Waals surface area contributed by atoms with Gasteiger partial charge in [0.05, 0.1) is 5.56 Å². The Balaban J connectivity index is 2.31. The van der Waals surface area contributed by atoms with E-state index in [1.807, 2.05) is 6.92 Å². The lowest BCUT2D eigenvalue weighted by atomic mass is 10.1. The molecule has 7 nitrogen and oxygen atoms in total. The van der Waals surface area contributed by atoms with Gasteiger partial charge in [0.25, 0.3) is 15.9 Å². The lowest BCUT2D eigenvalue weighted by Crippen LogP contribution is -2.52. The van der Waals surface area contributed by atoms with E-state index in [0.29, 0.717) is 17.9 Å². The van der Waals surface area contributed by atoms with Crippen LogP contribution >= 0.6 is 0 Å². The maximum atomic E-state index is 12.5. The van der Waals surface area contributed by atoms with Crippen molar-refractivity contribution in [3.05, 3.63) is 17.4 Å². The van der Waals surface area contributed by atoms with Gasteiger partial charge in [-0.15, -0.1) is 0 Å². The Morgan fingerprint density at radius 2 is 2.25 bits per heavy atom. The van der Waals surface area contributed by atoms with Crippen molar-refractivity contribution < 1.29 is 17.6 Å². The van der Waals surface area contributed by atoms with E-state index in [9.17, 15) is 13.2 Å². The predicted molar refractivity (Wildman–Crippen MR) is 73.1 cm³/mol. The minimum atomic E-state index is -3.68. The molecule has 1 aliphatic heterocycles. The largest absolute Gasteiger partial charge is 0.448 e.